The summed E-state index contributed by atoms with van der Waals surface area (Å²) in [7, 11) is 0. The van der Waals surface area contributed by atoms with Crippen molar-refractivity contribution < 1.29 is 0 Å². The molecule has 1 aromatic heterocycles. The second kappa shape index (κ2) is 7.11. The molecule has 0 aliphatic rings. The summed E-state index contributed by atoms with van der Waals surface area (Å²) in [5, 5.41) is 9.40. The lowest BCUT2D eigenvalue weighted by atomic mass is 10.2. The van der Waals surface area contributed by atoms with E-state index >= 15 is 0 Å². The van der Waals surface area contributed by atoms with Gasteiger partial charge in [0.25, 0.3) is 0 Å². The number of benzene rings is 1. The Morgan fingerprint density at radius 1 is 1.26 bits per heavy atom. The SMILES string of the molecule is C=CCSc1nnc(CCN)n1Cc1ccccc1. The molecular weight excluding hydrogens is 256 g/mol. The second-order valence-electron chi connectivity index (χ2n) is 4.11. The summed E-state index contributed by atoms with van der Waals surface area (Å²) in [6.07, 6.45) is 2.61. The first-order valence-electron chi connectivity index (χ1n) is 6.25. The van der Waals surface area contributed by atoms with Crippen LogP contribution in [-0.4, -0.2) is 27.1 Å². The Kier molecular flexibility index (Phi) is 5.18. The van der Waals surface area contributed by atoms with Crippen molar-refractivity contribution in [2.45, 2.75) is 18.1 Å². The predicted octanol–water partition coefficient (Wildman–Crippen LogP) is 2.11. The fourth-order valence-electron chi connectivity index (χ4n) is 1.80. The van der Waals surface area contributed by atoms with E-state index in [9.17, 15) is 0 Å². The number of hydrogen-bond donors (Lipinski definition) is 1. The van der Waals surface area contributed by atoms with Crippen LogP contribution in [-0.2, 0) is 13.0 Å². The minimum absolute atomic E-state index is 0.582. The van der Waals surface area contributed by atoms with Crippen LogP contribution in [0.2, 0.25) is 0 Å². The van der Waals surface area contributed by atoms with Crippen LogP contribution in [0.1, 0.15) is 11.4 Å². The molecule has 4 nitrogen and oxygen atoms in total. The molecule has 1 heterocycles. The van der Waals surface area contributed by atoms with Crippen molar-refractivity contribution in [1.82, 2.24) is 14.8 Å². The number of nitrogens with two attached hydrogens (primary N) is 1. The zero-order valence-electron chi connectivity index (χ0n) is 10.8. The molecule has 2 N–H and O–H groups in total. The lowest BCUT2D eigenvalue weighted by Gasteiger charge is -2.09. The average molecular weight is 274 g/mol. The molecule has 0 saturated carbocycles. The summed E-state index contributed by atoms with van der Waals surface area (Å²) < 4.78 is 2.14. The summed E-state index contributed by atoms with van der Waals surface area (Å²) in [6, 6.07) is 10.3. The Morgan fingerprint density at radius 2 is 2.05 bits per heavy atom. The third kappa shape index (κ3) is 3.68. The molecular formula is C14H18N4S. The maximum Gasteiger partial charge on any atom is 0.191 e. The van der Waals surface area contributed by atoms with Gasteiger partial charge < -0.3 is 10.3 Å². The zero-order chi connectivity index (χ0) is 13.5. The standard InChI is InChI=1S/C14H18N4S/c1-2-10-19-14-17-16-13(8-9-15)18(14)11-12-6-4-3-5-7-12/h2-7H,1,8-11,15H2. The van der Waals surface area contributed by atoms with Gasteiger partial charge in [-0.2, -0.15) is 0 Å². The minimum Gasteiger partial charge on any atom is -0.330 e. The van der Waals surface area contributed by atoms with Crippen molar-refractivity contribution in [3.63, 3.8) is 0 Å². The Bertz CT molecular complexity index is 521. The van der Waals surface area contributed by atoms with Crippen LogP contribution >= 0.6 is 11.8 Å². The Hall–Kier alpha value is -1.59. The van der Waals surface area contributed by atoms with Crippen molar-refractivity contribution >= 4 is 11.8 Å². The summed E-state index contributed by atoms with van der Waals surface area (Å²) in [6.45, 7) is 5.10. The molecule has 0 atom stereocenters. The van der Waals surface area contributed by atoms with Crippen molar-refractivity contribution in [2.75, 3.05) is 12.3 Å². The van der Waals surface area contributed by atoms with E-state index in [1.54, 1.807) is 11.8 Å². The van der Waals surface area contributed by atoms with Crippen molar-refractivity contribution in [1.29, 1.82) is 0 Å². The third-order valence-electron chi connectivity index (χ3n) is 2.68. The molecule has 19 heavy (non-hydrogen) atoms. The van der Waals surface area contributed by atoms with Crippen LogP contribution in [0.3, 0.4) is 0 Å². The molecule has 100 valence electrons. The van der Waals surface area contributed by atoms with E-state index in [-0.39, 0.29) is 0 Å². The lowest BCUT2D eigenvalue weighted by Crippen LogP contribution is -2.11. The molecule has 0 saturated heterocycles. The fourth-order valence-corrected chi connectivity index (χ4v) is 2.49. The van der Waals surface area contributed by atoms with Gasteiger partial charge in [0, 0.05) is 12.2 Å². The van der Waals surface area contributed by atoms with Gasteiger partial charge in [0.05, 0.1) is 6.54 Å². The largest absolute Gasteiger partial charge is 0.330 e. The summed E-state index contributed by atoms with van der Waals surface area (Å²) in [5.74, 6) is 1.77. The molecule has 0 radical (unpaired) electrons. The first kappa shape index (κ1) is 13.8. The smallest absolute Gasteiger partial charge is 0.191 e. The first-order valence-corrected chi connectivity index (χ1v) is 7.23. The predicted molar refractivity (Wildman–Crippen MR) is 79.2 cm³/mol. The molecule has 0 amide bonds. The van der Waals surface area contributed by atoms with E-state index in [2.05, 4.69) is 33.5 Å². The highest BCUT2D eigenvalue weighted by atomic mass is 32.2. The van der Waals surface area contributed by atoms with E-state index < -0.39 is 0 Å². The Labute approximate surface area is 117 Å². The van der Waals surface area contributed by atoms with Gasteiger partial charge in [0.2, 0.25) is 0 Å². The molecule has 0 aliphatic carbocycles. The van der Waals surface area contributed by atoms with Gasteiger partial charge in [-0.3, -0.25) is 0 Å². The molecule has 0 aliphatic heterocycles. The van der Waals surface area contributed by atoms with E-state index in [1.807, 2.05) is 24.3 Å². The maximum absolute atomic E-state index is 5.63. The van der Waals surface area contributed by atoms with Crippen LogP contribution in [0.5, 0.6) is 0 Å². The quantitative estimate of drug-likeness (QED) is 0.620. The minimum atomic E-state index is 0.582. The van der Waals surface area contributed by atoms with E-state index in [0.717, 1.165) is 29.7 Å². The fraction of sp³-hybridized carbons (Fsp3) is 0.286. The van der Waals surface area contributed by atoms with Crippen LogP contribution in [0.25, 0.3) is 0 Å². The van der Waals surface area contributed by atoms with Crippen LogP contribution in [0.4, 0.5) is 0 Å². The average Bonchev–Trinajstić information content (AvgIpc) is 2.81. The Morgan fingerprint density at radius 3 is 2.74 bits per heavy atom. The zero-order valence-corrected chi connectivity index (χ0v) is 11.6. The molecule has 0 spiro atoms. The maximum atomic E-state index is 5.63. The molecule has 2 rings (SSSR count). The topological polar surface area (TPSA) is 56.7 Å². The van der Waals surface area contributed by atoms with Crippen LogP contribution < -0.4 is 5.73 Å². The van der Waals surface area contributed by atoms with Gasteiger partial charge in [0.15, 0.2) is 5.16 Å². The third-order valence-corrected chi connectivity index (χ3v) is 3.64. The molecule has 0 unspecified atom stereocenters. The van der Waals surface area contributed by atoms with Crippen LogP contribution in [0.15, 0.2) is 48.1 Å². The highest BCUT2D eigenvalue weighted by molar-refractivity contribution is 7.99. The van der Waals surface area contributed by atoms with Crippen molar-refractivity contribution in [3.8, 4) is 0 Å². The van der Waals surface area contributed by atoms with Gasteiger partial charge in [-0.25, -0.2) is 0 Å². The van der Waals surface area contributed by atoms with E-state index in [0.29, 0.717) is 6.54 Å². The number of rotatable bonds is 7. The van der Waals surface area contributed by atoms with Gasteiger partial charge in [-0.1, -0.05) is 48.2 Å². The number of thioether (sulfide) groups is 1. The van der Waals surface area contributed by atoms with Gasteiger partial charge in [0.1, 0.15) is 5.82 Å². The summed E-state index contributed by atoms with van der Waals surface area (Å²) in [4.78, 5) is 0. The van der Waals surface area contributed by atoms with Gasteiger partial charge >= 0.3 is 0 Å². The highest BCUT2D eigenvalue weighted by Crippen LogP contribution is 2.18. The van der Waals surface area contributed by atoms with Crippen molar-refractivity contribution in [2.24, 2.45) is 5.73 Å². The van der Waals surface area contributed by atoms with Crippen molar-refractivity contribution in [3.05, 3.63) is 54.4 Å². The molecule has 1 aromatic carbocycles. The van der Waals surface area contributed by atoms with E-state index in [4.69, 9.17) is 5.73 Å². The molecule has 0 fully saturated rings. The van der Waals surface area contributed by atoms with Gasteiger partial charge in [-0.15, -0.1) is 16.8 Å². The van der Waals surface area contributed by atoms with Gasteiger partial charge in [-0.05, 0) is 12.1 Å². The summed E-state index contributed by atoms with van der Waals surface area (Å²) in [5.41, 5.74) is 6.87. The summed E-state index contributed by atoms with van der Waals surface area (Å²) >= 11 is 1.64. The number of hydrogen-bond acceptors (Lipinski definition) is 4. The normalized spacial score (nSPS) is 10.6. The monoisotopic (exact) mass is 274 g/mol. The number of nitrogens with zero attached hydrogens (tertiary/aromatic N) is 3. The molecule has 5 heteroatoms. The molecule has 0 bridgehead atoms. The molecule has 2 aromatic rings. The number of aromatic nitrogens is 3. The second-order valence-corrected chi connectivity index (χ2v) is 5.10. The Balaban J connectivity index is 2.23. The highest BCUT2D eigenvalue weighted by Gasteiger charge is 2.11. The lowest BCUT2D eigenvalue weighted by molar-refractivity contribution is 0.663. The van der Waals surface area contributed by atoms with Crippen LogP contribution in [0, 0.1) is 0 Å². The first-order chi connectivity index (χ1) is 9.35. The van der Waals surface area contributed by atoms with E-state index in [1.165, 1.54) is 5.56 Å².